The topological polar surface area (TPSA) is 120 Å². The first-order valence-corrected chi connectivity index (χ1v) is 9.47. The molecule has 0 saturated carbocycles. The molecule has 3 aromatic rings. The third-order valence-corrected chi connectivity index (χ3v) is 4.87. The molecule has 0 unspecified atom stereocenters. The van der Waals surface area contributed by atoms with Crippen LogP contribution in [0.25, 0.3) is 11.0 Å². The fraction of sp³-hybridized carbons (Fsp3) is 0.190. The van der Waals surface area contributed by atoms with Crippen molar-refractivity contribution in [2.24, 2.45) is 0 Å². The Bertz CT molecular complexity index is 1170. The molecule has 3 N–H and O–H groups in total. The first-order chi connectivity index (χ1) is 14.5. The molecule has 2 aromatic heterocycles. The summed E-state index contributed by atoms with van der Waals surface area (Å²) in [5.74, 6) is 0.0261. The predicted molar refractivity (Wildman–Crippen MR) is 113 cm³/mol. The molecule has 0 aliphatic carbocycles. The summed E-state index contributed by atoms with van der Waals surface area (Å²) in [5, 5.41) is 6.63. The number of carbonyl (C=O) groups excluding carboxylic acids is 2. The summed E-state index contributed by atoms with van der Waals surface area (Å²) in [6, 6.07) is 9.85. The second-order valence-corrected chi connectivity index (χ2v) is 6.97. The molecule has 30 heavy (non-hydrogen) atoms. The van der Waals surface area contributed by atoms with Gasteiger partial charge in [0.05, 0.1) is 0 Å². The average Bonchev–Trinajstić information content (AvgIpc) is 3.22. The maximum absolute atomic E-state index is 12.8. The van der Waals surface area contributed by atoms with E-state index in [4.69, 9.17) is 0 Å². The Kier molecular flexibility index (Phi) is 5.25. The number of benzene rings is 1. The van der Waals surface area contributed by atoms with E-state index in [2.05, 4.69) is 32.2 Å². The standard InChI is InChI=1S/C21H20N6O3/c1-2-17(28)23-15-6-3-13(4-7-15)20(30)27-10-9-16(12-27)24-21-22-11-14-5-8-18(29)25-19(14)26-21/h2-8,11,16H,1,9-10,12H2,(H,23,28)(H2,22,24,25,26,29)/t16-/m0/s1. The van der Waals surface area contributed by atoms with Crippen LogP contribution in [0.2, 0.25) is 0 Å². The van der Waals surface area contributed by atoms with Gasteiger partial charge in [-0.25, -0.2) is 4.98 Å². The lowest BCUT2D eigenvalue weighted by molar-refractivity contribution is -0.111. The molecule has 4 rings (SSSR count). The number of aromatic nitrogens is 3. The van der Waals surface area contributed by atoms with Crippen LogP contribution in [0.5, 0.6) is 0 Å². The van der Waals surface area contributed by atoms with Gasteiger partial charge in [-0.2, -0.15) is 4.98 Å². The van der Waals surface area contributed by atoms with E-state index in [0.29, 0.717) is 35.9 Å². The molecule has 0 spiro atoms. The molecule has 152 valence electrons. The lowest BCUT2D eigenvalue weighted by atomic mass is 10.2. The van der Waals surface area contributed by atoms with Gasteiger partial charge in [-0.1, -0.05) is 6.58 Å². The second kappa shape index (κ2) is 8.16. The minimum absolute atomic E-state index is 0.00740. The summed E-state index contributed by atoms with van der Waals surface area (Å²) >= 11 is 0. The van der Waals surface area contributed by atoms with Gasteiger partial charge in [-0.05, 0) is 42.8 Å². The number of rotatable bonds is 5. The van der Waals surface area contributed by atoms with Gasteiger partial charge in [0.25, 0.3) is 5.91 Å². The first kappa shape index (κ1) is 19.3. The highest BCUT2D eigenvalue weighted by Crippen LogP contribution is 2.18. The smallest absolute Gasteiger partial charge is 0.253 e. The summed E-state index contributed by atoms with van der Waals surface area (Å²) in [5.41, 5.74) is 1.39. The SMILES string of the molecule is C=CC(=O)Nc1ccc(C(=O)N2CC[C@H](Nc3ncc4ccc(=O)[nH]c4n3)C2)cc1. The predicted octanol–water partition coefficient (Wildman–Crippen LogP) is 1.77. The van der Waals surface area contributed by atoms with E-state index in [1.165, 1.54) is 12.1 Å². The van der Waals surface area contributed by atoms with Crippen molar-refractivity contribution in [1.82, 2.24) is 19.9 Å². The van der Waals surface area contributed by atoms with Gasteiger partial charge in [0.2, 0.25) is 17.4 Å². The monoisotopic (exact) mass is 404 g/mol. The lowest BCUT2D eigenvalue weighted by Crippen LogP contribution is -2.31. The maximum Gasteiger partial charge on any atom is 0.253 e. The molecule has 9 nitrogen and oxygen atoms in total. The van der Waals surface area contributed by atoms with Crippen LogP contribution in [-0.2, 0) is 4.79 Å². The van der Waals surface area contributed by atoms with Gasteiger partial charge in [-0.3, -0.25) is 14.4 Å². The average molecular weight is 404 g/mol. The third-order valence-electron chi connectivity index (χ3n) is 4.87. The number of hydrogen-bond donors (Lipinski definition) is 3. The zero-order valence-electron chi connectivity index (χ0n) is 16.1. The number of H-pyrrole nitrogens is 1. The number of amides is 2. The molecule has 9 heteroatoms. The van der Waals surface area contributed by atoms with Crippen molar-refractivity contribution in [2.45, 2.75) is 12.5 Å². The fourth-order valence-electron chi connectivity index (χ4n) is 3.32. The normalized spacial score (nSPS) is 15.7. The van der Waals surface area contributed by atoms with Crippen LogP contribution in [-0.4, -0.2) is 50.8 Å². The van der Waals surface area contributed by atoms with E-state index >= 15 is 0 Å². The number of likely N-dealkylation sites (tertiary alicyclic amines) is 1. The van der Waals surface area contributed by atoms with E-state index < -0.39 is 0 Å². The summed E-state index contributed by atoms with van der Waals surface area (Å²) in [6.07, 6.45) is 3.59. The number of fused-ring (bicyclic) bond motifs is 1. The van der Waals surface area contributed by atoms with Gasteiger partial charge in [0.1, 0.15) is 5.65 Å². The zero-order valence-corrected chi connectivity index (χ0v) is 16.1. The van der Waals surface area contributed by atoms with Crippen molar-refractivity contribution in [3.8, 4) is 0 Å². The summed E-state index contributed by atoms with van der Waals surface area (Å²) in [4.78, 5) is 48.7. The van der Waals surface area contributed by atoms with E-state index in [-0.39, 0.29) is 23.4 Å². The van der Waals surface area contributed by atoms with Crippen molar-refractivity contribution < 1.29 is 9.59 Å². The minimum atomic E-state index is -0.303. The van der Waals surface area contributed by atoms with Crippen molar-refractivity contribution in [3.63, 3.8) is 0 Å². The minimum Gasteiger partial charge on any atom is -0.350 e. The fourth-order valence-corrected chi connectivity index (χ4v) is 3.32. The van der Waals surface area contributed by atoms with Crippen molar-refractivity contribution in [3.05, 3.63) is 71.2 Å². The van der Waals surface area contributed by atoms with Crippen LogP contribution >= 0.6 is 0 Å². The second-order valence-electron chi connectivity index (χ2n) is 6.97. The van der Waals surface area contributed by atoms with Crippen molar-refractivity contribution >= 4 is 34.5 Å². The first-order valence-electron chi connectivity index (χ1n) is 9.47. The zero-order chi connectivity index (χ0) is 21.1. The highest BCUT2D eigenvalue weighted by Gasteiger charge is 2.27. The third kappa shape index (κ3) is 4.19. The number of anilines is 2. The largest absolute Gasteiger partial charge is 0.350 e. The number of aromatic amines is 1. The Morgan fingerprint density at radius 3 is 2.77 bits per heavy atom. The molecular formula is C21H20N6O3. The van der Waals surface area contributed by atoms with Crippen LogP contribution in [0, 0.1) is 0 Å². The molecule has 0 bridgehead atoms. The van der Waals surface area contributed by atoms with E-state index in [0.717, 1.165) is 11.8 Å². The Morgan fingerprint density at radius 2 is 2.00 bits per heavy atom. The Hall–Kier alpha value is -4.01. The van der Waals surface area contributed by atoms with Gasteiger partial charge >= 0.3 is 0 Å². The Morgan fingerprint density at radius 1 is 1.20 bits per heavy atom. The molecule has 1 saturated heterocycles. The van der Waals surface area contributed by atoms with Crippen molar-refractivity contribution in [1.29, 1.82) is 0 Å². The highest BCUT2D eigenvalue weighted by atomic mass is 16.2. The molecule has 2 amide bonds. The molecule has 0 radical (unpaired) electrons. The van der Waals surface area contributed by atoms with E-state index in [1.807, 2.05) is 0 Å². The van der Waals surface area contributed by atoms with E-state index in [9.17, 15) is 14.4 Å². The Labute approximate surface area is 171 Å². The van der Waals surface area contributed by atoms with Crippen LogP contribution in [0.1, 0.15) is 16.8 Å². The number of nitrogens with zero attached hydrogens (tertiary/aromatic N) is 3. The van der Waals surface area contributed by atoms with Crippen LogP contribution in [0.3, 0.4) is 0 Å². The lowest BCUT2D eigenvalue weighted by Gasteiger charge is -2.17. The number of pyridine rings is 1. The van der Waals surface area contributed by atoms with Gasteiger partial charge in [0, 0.05) is 48.0 Å². The van der Waals surface area contributed by atoms with Crippen LogP contribution in [0.4, 0.5) is 11.6 Å². The molecule has 1 aliphatic heterocycles. The number of carbonyl (C=O) groups is 2. The summed E-state index contributed by atoms with van der Waals surface area (Å²) in [7, 11) is 0. The van der Waals surface area contributed by atoms with Gasteiger partial charge < -0.3 is 20.5 Å². The molecule has 1 fully saturated rings. The molecule has 1 aromatic carbocycles. The molecular weight excluding hydrogens is 384 g/mol. The Balaban J connectivity index is 1.39. The van der Waals surface area contributed by atoms with Crippen molar-refractivity contribution in [2.75, 3.05) is 23.7 Å². The van der Waals surface area contributed by atoms with Gasteiger partial charge in [0.15, 0.2) is 0 Å². The van der Waals surface area contributed by atoms with Crippen LogP contribution in [0.15, 0.2) is 60.0 Å². The van der Waals surface area contributed by atoms with Crippen LogP contribution < -0.4 is 16.2 Å². The maximum atomic E-state index is 12.8. The summed E-state index contributed by atoms with van der Waals surface area (Å²) in [6.45, 7) is 4.53. The number of nitrogens with one attached hydrogen (secondary N) is 3. The molecule has 3 heterocycles. The van der Waals surface area contributed by atoms with E-state index in [1.54, 1.807) is 41.4 Å². The van der Waals surface area contributed by atoms with Gasteiger partial charge in [-0.15, -0.1) is 0 Å². The number of hydrogen-bond acceptors (Lipinski definition) is 6. The summed E-state index contributed by atoms with van der Waals surface area (Å²) < 4.78 is 0. The highest BCUT2D eigenvalue weighted by molar-refractivity contribution is 5.99. The molecule has 1 aliphatic rings. The quantitative estimate of drug-likeness (QED) is 0.558. The molecule has 1 atom stereocenters.